The third-order valence-corrected chi connectivity index (χ3v) is 4.18. The summed E-state index contributed by atoms with van der Waals surface area (Å²) in [4.78, 5) is 9.61. The van der Waals surface area contributed by atoms with Gasteiger partial charge in [0.2, 0.25) is 6.33 Å². The Kier molecular flexibility index (Phi) is 9.27. The maximum absolute atomic E-state index is 12.8. The molecule has 206 valence electrons. The smallest absolute Gasteiger partial charge is 0.460 e. The fourth-order valence-electron chi connectivity index (χ4n) is 2.07. The minimum absolute atomic E-state index is 1.15. The first kappa shape index (κ1) is 32.6. The number of carboxylic acids is 1. The van der Waals surface area contributed by atoms with Crippen molar-refractivity contribution in [1.29, 1.82) is 0 Å². The molecule has 0 unspecified atom stereocenters. The Morgan fingerprint density at radius 2 is 1.17 bits per heavy atom. The molecule has 0 saturated heterocycles. The highest BCUT2D eigenvalue weighted by molar-refractivity contribution is 5.75. The van der Waals surface area contributed by atoms with Gasteiger partial charge in [0.15, 0.2) is 0 Å². The second-order valence-corrected chi connectivity index (χ2v) is 6.90. The molecule has 35 heavy (non-hydrogen) atoms. The van der Waals surface area contributed by atoms with Crippen LogP contribution in [0.3, 0.4) is 0 Å². The molecule has 0 aliphatic rings. The lowest BCUT2D eigenvalue weighted by Gasteiger charge is -2.41. The van der Waals surface area contributed by atoms with E-state index in [9.17, 15) is 75.8 Å². The number of hydrogen-bond donors (Lipinski definition) is 0. The molecule has 19 heteroatoms. The number of alkyl halides is 15. The Morgan fingerprint density at radius 3 is 1.49 bits per heavy atom. The number of hydrogen-bond acceptors (Lipinski definition) is 2. The summed E-state index contributed by atoms with van der Waals surface area (Å²) in [6.07, 6.45) is 1.11. The lowest BCUT2D eigenvalue weighted by molar-refractivity contribution is -0.671. The third kappa shape index (κ3) is 5.57. The Bertz CT molecular complexity index is 861. The number of imidazole rings is 1. The standard InChI is InChI=1S/C8HF15O2.C8H15N2/c9-2(10,1(24)25)3(11,12)4(13,14)5(15,16)6(17,18)7(19,20)8(21,22)23;1-3-4-5-10-7-6-9(2)8-10/h(H,24,25);6-8H,3-5H2,1-2H3/q;+1/p-1. The number of carboxylic acid groups (broad SMARTS) is 1. The zero-order chi connectivity index (χ0) is 28.5. The van der Waals surface area contributed by atoms with Crippen molar-refractivity contribution in [2.24, 2.45) is 7.05 Å². The van der Waals surface area contributed by atoms with Crippen LogP contribution in [0.15, 0.2) is 18.7 Å². The molecule has 0 radical (unpaired) electrons. The molecule has 4 nitrogen and oxygen atoms in total. The molecule has 0 aliphatic carbocycles. The van der Waals surface area contributed by atoms with Crippen LogP contribution in [0.4, 0.5) is 65.9 Å². The number of aliphatic carboxylic acids is 1. The molecule has 0 fully saturated rings. The van der Waals surface area contributed by atoms with Gasteiger partial charge in [0.25, 0.3) is 0 Å². The fourth-order valence-corrected chi connectivity index (χ4v) is 2.07. The summed E-state index contributed by atoms with van der Waals surface area (Å²) in [7, 11) is 2.04. The molecule has 0 aliphatic heterocycles. The molecular formula is C16H15F15N2O2. The van der Waals surface area contributed by atoms with Crippen LogP contribution in [-0.4, -0.2) is 52.2 Å². The summed E-state index contributed by atoms with van der Waals surface area (Å²) in [5.41, 5.74) is 0. The minimum atomic E-state index is -8.50. The summed E-state index contributed by atoms with van der Waals surface area (Å²) in [5, 5.41) is 9.61. The summed E-state index contributed by atoms with van der Waals surface area (Å²) >= 11 is 0. The first-order valence-corrected chi connectivity index (χ1v) is 8.83. The highest BCUT2D eigenvalue weighted by Crippen LogP contribution is 2.62. The Labute approximate surface area is 185 Å². The first-order valence-electron chi connectivity index (χ1n) is 8.83. The molecule has 0 aromatic carbocycles. The first-order chi connectivity index (χ1) is 15.3. The van der Waals surface area contributed by atoms with E-state index < -0.39 is 47.7 Å². The van der Waals surface area contributed by atoms with Crippen LogP contribution in [0.2, 0.25) is 0 Å². The number of aryl methyl sites for hydroxylation is 2. The summed E-state index contributed by atoms with van der Waals surface area (Å²) < 4.78 is 191. The molecular weight excluding hydrogens is 537 g/mol. The van der Waals surface area contributed by atoms with Gasteiger partial charge >= 0.3 is 41.7 Å². The Hall–Kier alpha value is -2.37. The molecule has 0 saturated carbocycles. The molecule has 0 spiro atoms. The van der Waals surface area contributed by atoms with Gasteiger partial charge in [0, 0.05) is 0 Å². The van der Waals surface area contributed by atoms with Crippen LogP contribution in [0.5, 0.6) is 0 Å². The van der Waals surface area contributed by atoms with Crippen LogP contribution in [0.25, 0.3) is 0 Å². The number of carbonyl (C=O) groups is 1. The van der Waals surface area contributed by atoms with E-state index in [1.807, 2.05) is 7.05 Å². The van der Waals surface area contributed by atoms with Crippen molar-refractivity contribution in [1.82, 2.24) is 4.57 Å². The van der Waals surface area contributed by atoms with Gasteiger partial charge < -0.3 is 9.90 Å². The number of halogens is 15. The van der Waals surface area contributed by atoms with E-state index in [-0.39, 0.29) is 0 Å². The maximum atomic E-state index is 12.8. The number of aromatic nitrogens is 2. The van der Waals surface area contributed by atoms with Crippen molar-refractivity contribution in [3.05, 3.63) is 18.7 Å². The molecule has 0 bridgehead atoms. The lowest BCUT2D eigenvalue weighted by Crippen LogP contribution is -2.74. The zero-order valence-electron chi connectivity index (χ0n) is 17.2. The Balaban J connectivity index is 0.000000952. The van der Waals surface area contributed by atoms with Crippen molar-refractivity contribution >= 4 is 5.97 Å². The van der Waals surface area contributed by atoms with E-state index in [1.165, 1.54) is 12.8 Å². The summed E-state index contributed by atoms with van der Waals surface area (Å²) in [6, 6.07) is 0. The number of carbonyl (C=O) groups excluding carboxylic acids is 1. The molecule has 1 rings (SSSR count). The van der Waals surface area contributed by atoms with E-state index in [1.54, 1.807) is 0 Å². The summed E-state index contributed by atoms with van der Waals surface area (Å²) in [5.74, 6) is -53.3. The lowest BCUT2D eigenvalue weighted by atomic mass is 9.91. The highest BCUT2D eigenvalue weighted by atomic mass is 19.4. The van der Waals surface area contributed by atoms with E-state index in [0.717, 1.165) is 6.54 Å². The van der Waals surface area contributed by atoms with Crippen LogP contribution in [-0.2, 0) is 18.4 Å². The highest BCUT2D eigenvalue weighted by Gasteiger charge is 2.93. The van der Waals surface area contributed by atoms with Crippen LogP contribution in [0, 0.1) is 0 Å². The maximum Gasteiger partial charge on any atom is 0.460 e. The predicted octanol–water partition coefficient (Wildman–Crippen LogP) is 4.22. The van der Waals surface area contributed by atoms with E-state index in [0.29, 0.717) is 0 Å². The van der Waals surface area contributed by atoms with Gasteiger partial charge in [0.1, 0.15) is 18.4 Å². The molecule has 1 aromatic heterocycles. The molecule has 0 atom stereocenters. The summed E-state index contributed by atoms with van der Waals surface area (Å²) in [6.45, 7) is 3.36. The van der Waals surface area contributed by atoms with Gasteiger partial charge in [0.05, 0.1) is 13.6 Å². The van der Waals surface area contributed by atoms with Gasteiger partial charge in [-0.25, -0.2) is 9.13 Å². The van der Waals surface area contributed by atoms with Crippen molar-refractivity contribution in [3.63, 3.8) is 0 Å². The van der Waals surface area contributed by atoms with Crippen molar-refractivity contribution < 1.29 is 80.3 Å². The topological polar surface area (TPSA) is 48.9 Å². The fraction of sp³-hybridized carbons (Fsp3) is 0.750. The van der Waals surface area contributed by atoms with Gasteiger partial charge in [-0.05, 0) is 6.42 Å². The second-order valence-electron chi connectivity index (χ2n) is 6.90. The van der Waals surface area contributed by atoms with Gasteiger partial charge in [-0.3, -0.25) is 0 Å². The van der Waals surface area contributed by atoms with Gasteiger partial charge in [-0.1, -0.05) is 13.3 Å². The largest absolute Gasteiger partial charge is 0.544 e. The van der Waals surface area contributed by atoms with E-state index in [4.69, 9.17) is 0 Å². The van der Waals surface area contributed by atoms with Crippen molar-refractivity contribution in [2.75, 3.05) is 0 Å². The number of rotatable bonds is 9. The average Bonchev–Trinajstić information content (AvgIpc) is 3.10. The molecule has 1 heterocycles. The SMILES string of the molecule is CCCCn1cc[n+](C)c1.O=C([O-])C(F)(F)C(F)(F)C(F)(F)C(F)(F)C(F)(F)C(F)(F)C(F)(F)F. The zero-order valence-corrected chi connectivity index (χ0v) is 17.2. The molecule has 0 amide bonds. The monoisotopic (exact) mass is 552 g/mol. The minimum Gasteiger partial charge on any atom is -0.544 e. The van der Waals surface area contributed by atoms with Crippen molar-refractivity contribution in [2.45, 2.75) is 68.0 Å². The van der Waals surface area contributed by atoms with E-state index in [2.05, 4.69) is 34.8 Å². The number of nitrogens with zero attached hydrogens (tertiary/aromatic N) is 2. The predicted molar refractivity (Wildman–Crippen MR) is 81.3 cm³/mol. The Morgan fingerprint density at radius 1 is 0.771 bits per heavy atom. The molecule has 1 aromatic rings. The number of unbranched alkanes of at least 4 members (excludes halogenated alkanes) is 1. The normalized spacial score (nSPS) is 14.4. The van der Waals surface area contributed by atoms with Crippen molar-refractivity contribution in [3.8, 4) is 0 Å². The average molecular weight is 552 g/mol. The van der Waals surface area contributed by atoms with Crippen LogP contribution >= 0.6 is 0 Å². The van der Waals surface area contributed by atoms with Gasteiger partial charge in [-0.15, -0.1) is 0 Å². The van der Waals surface area contributed by atoms with E-state index >= 15 is 0 Å². The second kappa shape index (κ2) is 9.94. The van der Waals surface area contributed by atoms with Crippen LogP contribution in [0.1, 0.15) is 19.8 Å². The molecule has 0 N–H and O–H groups in total. The quantitative estimate of drug-likeness (QED) is 0.341. The van der Waals surface area contributed by atoms with Crippen LogP contribution < -0.4 is 9.67 Å². The third-order valence-electron chi connectivity index (χ3n) is 4.18. The van der Waals surface area contributed by atoms with Gasteiger partial charge in [-0.2, -0.15) is 65.9 Å².